The average molecular weight is 382 g/mol. The lowest BCUT2D eigenvalue weighted by atomic mass is 9.48. The lowest BCUT2D eigenvalue weighted by molar-refractivity contribution is -0.135. The van der Waals surface area contributed by atoms with Gasteiger partial charge in [0.2, 0.25) is 23.3 Å². The van der Waals surface area contributed by atoms with Crippen LogP contribution < -0.4 is 0 Å². The molecule has 6 heteroatoms. The van der Waals surface area contributed by atoms with E-state index in [0.29, 0.717) is 41.3 Å². The maximum atomic E-state index is 13.4. The third-order valence-electron chi connectivity index (χ3n) is 6.86. The summed E-state index contributed by atoms with van der Waals surface area (Å²) in [5, 5.41) is 8.30. The molecular formula is C22H26N2O4. The van der Waals surface area contributed by atoms with Gasteiger partial charge in [0, 0.05) is 30.1 Å². The zero-order valence-electron chi connectivity index (χ0n) is 17.1. The summed E-state index contributed by atoms with van der Waals surface area (Å²) in [5.41, 5.74) is -0.00165. The van der Waals surface area contributed by atoms with E-state index in [-0.39, 0.29) is 23.0 Å². The molecule has 6 nitrogen and oxygen atoms in total. The van der Waals surface area contributed by atoms with Gasteiger partial charge >= 0.3 is 0 Å². The molecular weight excluding hydrogens is 356 g/mol. The van der Waals surface area contributed by atoms with Crippen LogP contribution in [-0.4, -0.2) is 27.5 Å². The van der Waals surface area contributed by atoms with Gasteiger partial charge in [-0.1, -0.05) is 34.1 Å². The lowest BCUT2D eigenvalue weighted by Crippen LogP contribution is -2.55. The van der Waals surface area contributed by atoms with E-state index in [4.69, 9.17) is 4.42 Å². The highest BCUT2D eigenvalue weighted by atomic mass is 16.4. The number of carbonyl (C=O) groups is 3. The Morgan fingerprint density at radius 3 is 2.43 bits per heavy atom. The van der Waals surface area contributed by atoms with Gasteiger partial charge in [-0.25, -0.2) is 0 Å². The molecule has 0 amide bonds. The SMILES string of the molecule is Cc1nnc([C@]23CCCC(C)(C)[C@@H]2CC(=O)C2=C3C(=O)C(=O)C(C(C)C)=C2)o1. The van der Waals surface area contributed by atoms with Crippen molar-refractivity contribution in [3.63, 3.8) is 0 Å². The molecule has 2 atom stereocenters. The molecule has 148 valence electrons. The summed E-state index contributed by atoms with van der Waals surface area (Å²) in [6.07, 6.45) is 4.39. The normalized spacial score (nSPS) is 29.7. The minimum Gasteiger partial charge on any atom is -0.425 e. The van der Waals surface area contributed by atoms with Crippen molar-refractivity contribution in [2.45, 2.75) is 65.7 Å². The molecule has 3 aliphatic rings. The smallest absolute Gasteiger partial charge is 0.231 e. The number of allylic oxidation sites excluding steroid dienone is 4. The molecule has 0 N–H and O–H groups in total. The van der Waals surface area contributed by atoms with E-state index in [2.05, 4.69) is 24.0 Å². The van der Waals surface area contributed by atoms with Crippen molar-refractivity contribution >= 4 is 17.3 Å². The van der Waals surface area contributed by atoms with Crippen LogP contribution in [0.25, 0.3) is 0 Å². The van der Waals surface area contributed by atoms with E-state index >= 15 is 0 Å². The zero-order valence-corrected chi connectivity index (χ0v) is 17.1. The molecule has 28 heavy (non-hydrogen) atoms. The molecule has 1 aromatic heterocycles. The molecule has 4 rings (SSSR count). The second-order valence-corrected chi connectivity index (χ2v) is 9.32. The number of hydrogen-bond acceptors (Lipinski definition) is 6. The molecule has 0 radical (unpaired) electrons. The van der Waals surface area contributed by atoms with E-state index in [1.54, 1.807) is 13.0 Å². The van der Waals surface area contributed by atoms with Gasteiger partial charge in [-0.3, -0.25) is 14.4 Å². The van der Waals surface area contributed by atoms with Gasteiger partial charge in [-0.15, -0.1) is 10.2 Å². The highest BCUT2D eigenvalue weighted by molar-refractivity contribution is 6.51. The highest BCUT2D eigenvalue weighted by Crippen LogP contribution is 2.60. The largest absolute Gasteiger partial charge is 0.425 e. The summed E-state index contributed by atoms with van der Waals surface area (Å²) in [6, 6.07) is 0. The summed E-state index contributed by atoms with van der Waals surface area (Å²) in [6.45, 7) is 9.68. The van der Waals surface area contributed by atoms with E-state index < -0.39 is 17.0 Å². The number of carbonyl (C=O) groups excluding carboxylic acids is 3. The van der Waals surface area contributed by atoms with Gasteiger partial charge < -0.3 is 4.42 Å². The maximum Gasteiger partial charge on any atom is 0.231 e. The van der Waals surface area contributed by atoms with Crippen molar-refractivity contribution in [2.75, 3.05) is 0 Å². The van der Waals surface area contributed by atoms with E-state index in [0.717, 1.165) is 12.8 Å². The standard InChI is InChI=1S/C22H26N2O4/c1-11(2)13-9-14-15(25)10-16-21(4,5)7-6-8-22(16,17(14)19(27)18(13)26)20-24-23-12(3)28-20/h9,11,16H,6-8,10H2,1-5H3/t16-,22+/m0/s1. The number of nitrogens with zero attached hydrogens (tertiary/aromatic N) is 2. The van der Waals surface area contributed by atoms with E-state index in [1.165, 1.54) is 0 Å². The summed E-state index contributed by atoms with van der Waals surface area (Å²) in [5.74, 6) is -0.662. The Hall–Kier alpha value is -2.37. The van der Waals surface area contributed by atoms with Gasteiger partial charge in [0.1, 0.15) is 0 Å². The molecule has 0 aliphatic heterocycles. The Bertz CT molecular complexity index is 963. The second-order valence-electron chi connectivity index (χ2n) is 9.32. The van der Waals surface area contributed by atoms with Crippen molar-refractivity contribution in [1.29, 1.82) is 0 Å². The molecule has 0 aromatic carbocycles. The van der Waals surface area contributed by atoms with Gasteiger partial charge in [-0.2, -0.15) is 0 Å². The number of Topliss-reactive ketones (excluding diaryl/α,β-unsaturated/α-hetero) is 3. The third-order valence-corrected chi connectivity index (χ3v) is 6.86. The fraction of sp³-hybridized carbons (Fsp3) is 0.591. The predicted molar refractivity (Wildman–Crippen MR) is 101 cm³/mol. The summed E-state index contributed by atoms with van der Waals surface area (Å²) >= 11 is 0. The molecule has 0 saturated heterocycles. The van der Waals surface area contributed by atoms with Crippen LogP contribution in [0.1, 0.15) is 65.2 Å². The molecule has 0 spiro atoms. The monoisotopic (exact) mass is 382 g/mol. The van der Waals surface area contributed by atoms with Crippen molar-refractivity contribution in [1.82, 2.24) is 10.2 Å². The van der Waals surface area contributed by atoms with E-state index in [1.807, 2.05) is 13.8 Å². The van der Waals surface area contributed by atoms with E-state index in [9.17, 15) is 14.4 Å². The molecule has 0 bridgehead atoms. The minimum absolute atomic E-state index is 0.0687. The molecule has 1 fully saturated rings. The van der Waals surface area contributed by atoms with Crippen LogP contribution in [0.15, 0.2) is 27.2 Å². The van der Waals surface area contributed by atoms with Crippen molar-refractivity contribution in [2.24, 2.45) is 17.3 Å². The first kappa shape index (κ1) is 19.0. The zero-order chi connectivity index (χ0) is 20.4. The molecule has 1 heterocycles. The van der Waals surface area contributed by atoms with Crippen LogP contribution in [0.3, 0.4) is 0 Å². The summed E-state index contributed by atoms with van der Waals surface area (Å²) in [4.78, 5) is 39.4. The van der Waals surface area contributed by atoms with Crippen LogP contribution in [0.5, 0.6) is 0 Å². The molecule has 3 aliphatic carbocycles. The Morgan fingerprint density at radius 1 is 1.11 bits per heavy atom. The first-order valence-corrected chi connectivity index (χ1v) is 9.98. The Balaban J connectivity index is 2.06. The van der Waals surface area contributed by atoms with Gasteiger partial charge in [-0.05, 0) is 36.2 Å². The summed E-state index contributed by atoms with van der Waals surface area (Å²) in [7, 11) is 0. The maximum absolute atomic E-state index is 13.4. The first-order valence-electron chi connectivity index (χ1n) is 9.98. The quantitative estimate of drug-likeness (QED) is 0.575. The van der Waals surface area contributed by atoms with Crippen molar-refractivity contribution in [3.05, 3.63) is 34.6 Å². The number of rotatable bonds is 2. The van der Waals surface area contributed by atoms with Gasteiger partial charge in [0.05, 0.1) is 5.41 Å². The Morgan fingerprint density at radius 2 is 1.82 bits per heavy atom. The third kappa shape index (κ3) is 2.43. The minimum atomic E-state index is -0.877. The van der Waals surface area contributed by atoms with Crippen LogP contribution >= 0.6 is 0 Å². The van der Waals surface area contributed by atoms with Crippen LogP contribution in [0.2, 0.25) is 0 Å². The van der Waals surface area contributed by atoms with Crippen molar-refractivity contribution < 1.29 is 18.8 Å². The highest BCUT2D eigenvalue weighted by Gasteiger charge is 2.62. The predicted octanol–water partition coefficient (Wildman–Crippen LogP) is 3.45. The van der Waals surface area contributed by atoms with Gasteiger partial charge in [0.25, 0.3) is 0 Å². The fourth-order valence-corrected chi connectivity index (χ4v) is 5.48. The second kappa shape index (κ2) is 6.06. The van der Waals surface area contributed by atoms with Crippen molar-refractivity contribution in [3.8, 4) is 0 Å². The van der Waals surface area contributed by atoms with Crippen LogP contribution in [0, 0.1) is 24.2 Å². The Labute approximate surface area is 164 Å². The first-order chi connectivity index (χ1) is 13.1. The van der Waals surface area contributed by atoms with Gasteiger partial charge in [0.15, 0.2) is 5.78 Å². The average Bonchev–Trinajstić information content (AvgIpc) is 3.05. The number of hydrogen-bond donors (Lipinski definition) is 0. The molecule has 0 unspecified atom stereocenters. The topological polar surface area (TPSA) is 90.1 Å². The number of ketones is 3. The van der Waals surface area contributed by atoms with Crippen LogP contribution in [0.4, 0.5) is 0 Å². The summed E-state index contributed by atoms with van der Waals surface area (Å²) < 4.78 is 5.87. The Kier molecular flexibility index (Phi) is 4.11. The number of fused-ring (bicyclic) bond motifs is 2. The molecule has 1 aromatic rings. The molecule has 1 saturated carbocycles. The lowest BCUT2D eigenvalue weighted by Gasteiger charge is -2.53. The number of aryl methyl sites for hydroxylation is 1. The fourth-order valence-electron chi connectivity index (χ4n) is 5.48. The number of aromatic nitrogens is 2. The van der Waals surface area contributed by atoms with Crippen LogP contribution in [-0.2, 0) is 19.8 Å².